The topological polar surface area (TPSA) is 84.0 Å². The fourth-order valence-corrected chi connectivity index (χ4v) is 2.30. The van der Waals surface area contributed by atoms with Gasteiger partial charge < -0.3 is 0 Å². The fourth-order valence-electron chi connectivity index (χ4n) is 1.62. The standard InChI is InChI=1S/C14H8N2O3S/c15-9-11(14(17)13-6-3-7-20-13)8-10-4-1-2-5-12(10)16(18)19/h1-8H/b11-8+. The number of carbonyl (C=O) groups excluding carboxylic acids is 1. The number of hydrogen-bond donors (Lipinski definition) is 0. The van der Waals surface area contributed by atoms with E-state index in [0.717, 1.165) is 0 Å². The normalized spacial score (nSPS) is 10.8. The van der Waals surface area contributed by atoms with Crippen molar-refractivity contribution in [2.45, 2.75) is 0 Å². The third-order valence-electron chi connectivity index (χ3n) is 2.54. The number of rotatable bonds is 4. The SMILES string of the molecule is N#C/C(=C\c1ccccc1[N+](=O)[O-])C(=O)c1cccs1. The van der Waals surface area contributed by atoms with E-state index < -0.39 is 10.7 Å². The Balaban J connectivity index is 2.45. The van der Waals surface area contributed by atoms with Crippen LogP contribution in [0.2, 0.25) is 0 Å². The van der Waals surface area contributed by atoms with Crippen LogP contribution in [0, 0.1) is 21.4 Å². The smallest absolute Gasteiger partial charge is 0.276 e. The summed E-state index contributed by atoms with van der Waals surface area (Å²) < 4.78 is 0. The summed E-state index contributed by atoms with van der Waals surface area (Å²) in [6.07, 6.45) is 1.25. The highest BCUT2D eigenvalue weighted by Gasteiger charge is 2.16. The van der Waals surface area contributed by atoms with Gasteiger partial charge in [-0.1, -0.05) is 18.2 Å². The largest absolute Gasteiger partial charge is 0.287 e. The zero-order chi connectivity index (χ0) is 14.5. The van der Waals surface area contributed by atoms with Crippen LogP contribution in [-0.4, -0.2) is 10.7 Å². The van der Waals surface area contributed by atoms with Crippen LogP contribution in [-0.2, 0) is 0 Å². The van der Waals surface area contributed by atoms with Gasteiger partial charge in [0.2, 0.25) is 5.78 Å². The third-order valence-corrected chi connectivity index (χ3v) is 3.41. The molecule has 0 saturated carbocycles. The molecule has 1 aromatic carbocycles. The lowest BCUT2D eigenvalue weighted by Gasteiger charge is -1.98. The number of benzene rings is 1. The monoisotopic (exact) mass is 284 g/mol. The predicted molar refractivity (Wildman–Crippen MR) is 75.3 cm³/mol. The minimum Gasteiger partial charge on any atom is -0.287 e. The molecule has 0 unspecified atom stereocenters. The number of nitro groups is 1. The molecule has 0 bridgehead atoms. The Morgan fingerprint density at radius 3 is 2.65 bits per heavy atom. The summed E-state index contributed by atoms with van der Waals surface area (Å²) in [4.78, 5) is 22.9. The highest BCUT2D eigenvalue weighted by Crippen LogP contribution is 2.22. The van der Waals surface area contributed by atoms with Gasteiger partial charge in [0, 0.05) is 6.07 Å². The van der Waals surface area contributed by atoms with Gasteiger partial charge in [0.05, 0.1) is 15.4 Å². The molecule has 0 fully saturated rings. The van der Waals surface area contributed by atoms with Gasteiger partial charge >= 0.3 is 0 Å². The molecular weight excluding hydrogens is 276 g/mol. The minimum absolute atomic E-state index is 0.123. The van der Waals surface area contributed by atoms with Crippen molar-refractivity contribution in [1.29, 1.82) is 5.26 Å². The first-order chi connectivity index (χ1) is 9.63. The second kappa shape index (κ2) is 5.91. The molecule has 2 rings (SSSR count). The van der Waals surface area contributed by atoms with Crippen molar-refractivity contribution >= 4 is 28.9 Å². The minimum atomic E-state index is -0.545. The van der Waals surface area contributed by atoms with Crippen LogP contribution in [0.1, 0.15) is 15.2 Å². The Bertz CT molecular complexity index is 727. The lowest BCUT2D eigenvalue weighted by molar-refractivity contribution is -0.385. The number of allylic oxidation sites excluding steroid dienone is 1. The Kier molecular flexibility index (Phi) is 4.03. The maximum atomic E-state index is 12.1. The van der Waals surface area contributed by atoms with E-state index in [4.69, 9.17) is 5.26 Å². The quantitative estimate of drug-likeness (QED) is 0.283. The van der Waals surface area contributed by atoms with E-state index in [1.54, 1.807) is 29.6 Å². The van der Waals surface area contributed by atoms with Gasteiger partial charge in [0.25, 0.3) is 5.69 Å². The molecule has 0 saturated heterocycles. The van der Waals surface area contributed by atoms with Crippen LogP contribution >= 0.6 is 11.3 Å². The van der Waals surface area contributed by atoms with Gasteiger partial charge in [-0.2, -0.15) is 5.26 Å². The number of nitro benzene ring substituents is 1. The molecule has 0 atom stereocenters. The molecule has 0 aliphatic rings. The van der Waals surface area contributed by atoms with Gasteiger partial charge in [0.1, 0.15) is 11.6 Å². The van der Waals surface area contributed by atoms with Crippen molar-refractivity contribution in [3.8, 4) is 6.07 Å². The molecule has 20 heavy (non-hydrogen) atoms. The van der Waals surface area contributed by atoms with Crippen LogP contribution in [0.15, 0.2) is 47.4 Å². The average Bonchev–Trinajstić information content (AvgIpc) is 2.98. The average molecular weight is 284 g/mol. The van der Waals surface area contributed by atoms with Gasteiger partial charge in [-0.3, -0.25) is 14.9 Å². The van der Waals surface area contributed by atoms with Crippen LogP contribution in [0.5, 0.6) is 0 Å². The summed E-state index contributed by atoms with van der Waals surface area (Å²) in [6, 6.07) is 11.1. The molecule has 5 nitrogen and oxygen atoms in total. The molecule has 2 aromatic rings. The van der Waals surface area contributed by atoms with Crippen molar-refractivity contribution in [2.24, 2.45) is 0 Å². The Morgan fingerprint density at radius 2 is 2.05 bits per heavy atom. The molecule has 0 radical (unpaired) electrons. The second-order valence-electron chi connectivity index (χ2n) is 3.79. The predicted octanol–water partition coefficient (Wildman–Crippen LogP) is 3.45. The number of nitriles is 1. The zero-order valence-electron chi connectivity index (χ0n) is 10.1. The lowest BCUT2D eigenvalue weighted by atomic mass is 10.1. The Morgan fingerprint density at radius 1 is 1.30 bits per heavy atom. The van der Waals surface area contributed by atoms with Crippen molar-refractivity contribution in [1.82, 2.24) is 0 Å². The molecule has 6 heteroatoms. The van der Waals surface area contributed by atoms with E-state index in [0.29, 0.717) is 4.88 Å². The van der Waals surface area contributed by atoms with Crippen LogP contribution in [0.4, 0.5) is 5.69 Å². The molecule has 98 valence electrons. The van der Waals surface area contributed by atoms with E-state index in [9.17, 15) is 14.9 Å². The van der Waals surface area contributed by atoms with Gasteiger partial charge in [-0.05, 0) is 23.6 Å². The Labute approximate surface area is 118 Å². The number of Topliss-reactive ketones (excluding diaryl/α,β-unsaturated/α-hetero) is 1. The summed E-state index contributed by atoms with van der Waals surface area (Å²) in [5, 5.41) is 21.7. The number of thiophene rings is 1. The van der Waals surface area contributed by atoms with Crippen molar-refractivity contribution in [2.75, 3.05) is 0 Å². The van der Waals surface area contributed by atoms with Gasteiger partial charge in [0.15, 0.2) is 0 Å². The third kappa shape index (κ3) is 2.79. The van der Waals surface area contributed by atoms with Crippen LogP contribution < -0.4 is 0 Å². The molecule has 1 aromatic heterocycles. The lowest BCUT2D eigenvalue weighted by Crippen LogP contribution is -2.00. The first kappa shape index (κ1) is 13.6. The summed E-state index contributed by atoms with van der Waals surface area (Å²) in [5.74, 6) is -0.430. The van der Waals surface area contributed by atoms with E-state index in [-0.39, 0.29) is 16.8 Å². The first-order valence-corrected chi connectivity index (χ1v) is 6.45. The van der Waals surface area contributed by atoms with Crippen molar-refractivity contribution in [3.05, 3.63) is 67.9 Å². The molecular formula is C14H8N2O3S. The molecule has 0 aliphatic carbocycles. The number of carbonyl (C=O) groups is 1. The molecule has 1 heterocycles. The maximum Gasteiger partial charge on any atom is 0.276 e. The number of ketones is 1. The van der Waals surface area contributed by atoms with Gasteiger partial charge in [-0.15, -0.1) is 11.3 Å². The van der Waals surface area contributed by atoms with E-state index in [2.05, 4.69) is 0 Å². The van der Waals surface area contributed by atoms with Crippen LogP contribution in [0.25, 0.3) is 6.08 Å². The summed E-state index contributed by atoms with van der Waals surface area (Å²) >= 11 is 1.22. The Hall–Kier alpha value is -2.78. The summed E-state index contributed by atoms with van der Waals surface area (Å²) in [6.45, 7) is 0. The zero-order valence-corrected chi connectivity index (χ0v) is 11.0. The highest BCUT2D eigenvalue weighted by atomic mass is 32.1. The van der Waals surface area contributed by atoms with Crippen LogP contribution in [0.3, 0.4) is 0 Å². The highest BCUT2D eigenvalue weighted by molar-refractivity contribution is 7.12. The van der Waals surface area contributed by atoms with E-state index in [1.165, 1.54) is 35.6 Å². The maximum absolute atomic E-state index is 12.1. The number of para-hydroxylation sites is 1. The first-order valence-electron chi connectivity index (χ1n) is 5.57. The fraction of sp³-hybridized carbons (Fsp3) is 0. The number of nitrogens with zero attached hydrogens (tertiary/aromatic N) is 2. The molecule has 0 aliphatic heterocycles. The summed E-state index contributed by atoms with van der Waals surface area (Å²) in [7, 11) is 0. The van der Waals surface area contributed by atoms with E-state index in [1.807, 2.05) is 0 Å². The molecule has 0 spiro atoms. The van der Waals surface area contributed by atoms with Gasteiger partial charge in [-0.25, -0.2) is 0 Å². The molecule has 0 N–H and O–H groups in total. The van der Waals surface area contributed by atoms with E-state index >= 15 is 0 Å². The number of hydrogen-bond acceptors (Lipinski definition) is 5. The van der Waals surface area contributed by atoms with Crippen molar-refractivity contribution in [3.63, 3.8) is 0 Å². The second-order valence-corrected chi connectivity index (χ2v) is 4.74. The molecule has 0 amide bonds. The summed E-state index contributed by atoms with van der Waals surface area (Å²) in [5.41, 5.74) is -0.0278. The van der Waals surface area contributed by atoms with Crippen molar-refractivity contribution < 1.29 is 9.72 Å².